The van der Waals surface area contributed by atoms with Gasteiger partial charge >= 0.3 is 5.97 Å². The van der Waals surface area contributed by atoms with E-state index < -0.39 is 11.9 Å². The lowest BCUT2D eigenvalue weighted by molar-refractivity contribution is -0.139. The summed E-state index contributed by atoms with van der Waals surface area (Å²) in [5.41, 5.74) is 1.56. The molecule has 0 radical (unpaired) electrons. The topological polar surface area (TPSA) is 63.1 Å². The van der Waals surface area contributed by atoms with E-state index in [0.717, 1.165) is 6.42 Å². The van der Waals surface area contributed by atoms with Crippen molar-refractivity contribution in [2.45, 2.75) is 25.7 Å². The SMILES string of the molecule is CCCC(C(=O)O)c1nncs1. The molecule has 1 heterocycles. The maximum Gasteiger partial charge on any atom is 0.313 e. The molecule has 1 unspecified atom stereocenters. The first-order chi connectivity index (χ1) is 5.75. The normalized spacial score (nSPS) is 12.8. The number of hydrogen-bond acceptors (Lipinski definition) is 4. The number of aliphatic carboxylic acids is 1. The number of rotatable bonds is 4. The molecule has 1 aromatic rings. The van der Waals surface area contributed by atoms with E-state index in [1.54, 1.807) is 5.51 Å². The van der Waals surface area contributed by atoms with Crippen molar-refractivity contribution in [3.05, 3.63) is 10.5 Å². The second kappa shape index (κ2) is 4.15. The monoisotopic (exact) mass is 186 g/mol. The van der Waals surface area contributed by atoms with Crippen molar-refractivity contribution in [1.29, 1.82) is 0 Å². The highest BCUT2D eigenvalue weighted by Crippen LogP contribution is 2.22. The lowest BCUT2D eigenvalue weighted by Gasteiger charge is -2.05. The van der Waals surface area contributed by atoms with Gasteiger partial charge in [0.25, 0.3) is 0 Å². The number of carbonyl (C=O) groups is 1. The predicted octanol–water partition coefficient (Wildman–Crippen LogP) is 1.51. The van der Waals surface area contributed by atoms with Gasteiger partial charge in [0, 0.05) is 0 Å². The number of nitrogens with zero attached hydrogens (tertiary/aromatic N) is 2. The lowest BCUT2D eigenvalue weighted by atomic mass is 10.1. The summed E-state index contributed by atoms with van der Waals surface area (Å²) in [4.78, 5) is 10.7. The van der Waals surface area contributed by atoms with E-state index in [1.165, 1.54) is 11.3 Å². The Labute approximate surface area is 74.3 Å². The number of carboxylic acid groups (broad SMARTS) is 1. The first-order valence-electron chi connectivity index (χ1n) is 3.74. The first kappa shape index (κ1) is 9.12. The van der Waals surface area contributed by atoms with Crippen molar-refractivity contribution in [3.63, 3.8) is 0 Å². The summed E-state index contributed by atoms with van der Waals surface area (Å²) >= 11 is 1.30. The summed E-state index contributed by atoms with van der Waals surface area (Å²) in [6.45, 7) is 1.96. The first-order valence-corrected chi connectivity index (χ1v) is 4.62. The number of hydrogen-bond donors (Lipinski definition) is 1. The third-order valence-electron chi connectivity index (χ3n) is 1.55. The summed E-state index contributed by atoms with van der Waals surface area (Å²) in [6.07, 6.45) is 1.47. The zero-order chi connectivity index (χ0) is 8.97. The van der Waals surface area contributed by atoms with Gasteiger partial charge in [0.05, 0.1) is 0 Å². The van der Waals surface area contributed by atoms with Crippen LogP contribution in [0.2, 0.25) is 0 Å². The fourth-order valence-electron chi connectivity index (χ4n) is 0.975. The van der Waals surface area contributed by atoms with Gasteiger partial charge in [-0.1, -0.05) is 13.3 Å². The van der Waals surface area contributed by atoms with Crippen molar-refractivity contribution in [2.75, 3.05) is 0 Å². The fourth-order valence-corrected chi connectivity index (χ4v) is 1.65. The number of aromatic nitrogens is 2. The van der Waals surface area contributed by atoms with Gasteiger partial charge < -0.3 is 5.11 Å². The van der Waals surface area contributed by atoms with E-state index in [2.05, 4.69) is 10.2 Å². The van der Waals surface area contributed by atoms with Gasteiger partial charge in [0.1, 0.15) is 16.4 Å². The summed E-state index contributed by atoms with van der Waals surface area (Å²) < 4.78 is 0. The summed E-state index contributed by atoms with van der Waals surface area (Å²) in [5, 5.41) is 16.8. The molecular formula is C7H10N2O2S. The van der Waals surface area contributed by atoms with E-state index in [0.29, 0.717) is 11.4 Å². The average Bonchev–Trinajstić information content (AvgIpc) is 2.51. The minimum absolute atomic E-state index is 0.470. The Kier molecular flexibility index (Phi) is 3.16. The molecule has 1 aromatic heterocycles. The zero-order valence-electron chi connectivity index (χ0n) is 6.73. The molecule has 0 aliphatic rings. The average molecular weight is 186 g/mol. The minimum atomic E-state index is -0.811. The van der Waals surface area contributed by atoms with Crippen LogP contribution < -0.4 is 0 Å². The Morgan fingerprint density at radius 1 is 1.83 bits per heavy atom. The zero-order valence-corrected chi connectivity index (χ0v) is 7.54. The van der Waals surface area contributed by atoms with Gasteiger partial charge in [-0.2, -0.15) is 0 Å². The van der Waals surface area contributed by atoms with E-state index in [4.69, 9.17) is 5.11 Å². The Balaban J connectivity index is 2.73. The molecule has 0 amide bonds. The molecule has 12 heavy (non-hydrogen) atoms. The van der Waals surface area contributed by atoms with Crippen LogP contribution in [0, 0.1) is 0 Å². The molecule has 1 rings (SSSR count). The highest BCUT2D eigenvalue weighted by molar-refractivity contribution is 7.09. The molecule has 0 aliphatic heterocycles. The van der Waals surface area contributed by atoms with Crippen LogP contribution in [0.1, 0.15) is 30.7 Å². The lowest BCUT2D eigenvalue weighted by Crippen LogP contribution is -2.10. The highest BCUT2D eigenvalue weighted by Gasteiger charge is 2.21. The van der Waals surface area contributed by atoms with Crippen molar-refractivity contribution < 1.29 is 9.90 Å². The standard InChI is InChI=1S/C7H10N2O2S/c1-2-3-5(7(10)11)6-9-8-4-12-6/h4-5H,2-3H2,1H3,(H,10,11). The van der Waals surface area contributed by atoms with E-state index in [1.807, 2.05) is 6.92 Å². The molecule has 0 spiro atoms. The van der Waals surface area contributed by atoms with Crippen LogP contribution in [0.5, 0.6) is 0 Å². The molecule has 66 valence electrons. The summed E-state index contributed by atoms with van der Waals surface area (Å²) in [5.74, 6) is -1.28. The molecule has 0 saturated carbocycles. The Morgan fingerprint density at radius 2 is 2.58 bits per heavy atom. The second-order valence-corrected chi connectivity index (χ2v) is 3.32. The van der Waals surface area contributed by atoms with Crippen LogP contribution in [-0.2, 0) is 4.79 Å². The maximum absolute atomic E-state index is 10.7. The van der Waals surface area contributed by atoms with E-state index in [-0.39, 0.29) is 0 Å². The fraction of sp³-hybridized carbons (Fsp3) is 0.571. The van der Waals surface area contributed by atoms with Crippen LogP contribution in [0.25, 0.3) is 0 Å². The highest BCUT2D eigenvalue weighted by atomic mass is 32.1. The van der Waals surface area contributed by atoms with Gasteiger partial charge in [0.15, 0.2) is 0 Å². The largest absolute Gasteiger partial charge is 0.481 e. The van der Waals surface area contributed by atoms with E-state index in [9.17, 15) is 4.79 Å². The molecule has 0 fully saturated rings. The van der Waals surface area contributed by atoms with E-state index >= 15 is 0 Å². The molecule has 0 bridgehead atoms. The summed E-state index contributed by atoms with van der Waals surface area (Å²) in [6, 6.07) is 0. The van der Waals surface area contributed by atoms with Crippen LogP contribution >= 0.6 is 11.3 Å². The van der Waals surface area contributed by atoms with Crippen LogP contribution in [-0.4, -0.2) is 21.3 Å². The Bertz CT molecular complexity index is 248. The second-order valence-electron chi connectivity index (χ2n) is 2.46. The van der Waals surface area contributed by atoms with Gasteiger partial charge in [-0.05, 0) is 6.42 Å². The quantitative estimate of drug-likeness (QED) is 0.774. The number of carboxylic acids is 1. The van der Waals surface area contributed by atoms with Gasteiger partial charge in [-0.15, -0.1) is 21.5 Å². The van der Waals surface area contributed by atoms with Crippen molar-refractivity contribution in [1.82, 2.24) is 10.2 Å². The molecule has 0 aliphatic carbocycles. The van der Waals surface area contributed by atoms with Crippen LogP contribution in [0.4, 0.5) is 0 Å². The molecule has 4 nitrogen and oxygen atoms in total. The van der Waals surface area contributed by atoms with Crippen molar-refractivity contribution in [3.8, 4) is 0 Å². The Morgan fingerprint density at radius 3 is 3.00 bits per heavy atom. The van der Waals surface area contributed by atoms with Crippen LogP contribution in [0.3, 0.4) is 0 Å². The van der Waals surface area contributed by atoms with Crippen LogP contribution in [0.15, 0.2) is 5.51 Å². The smallest absolute Gasteiger partial charge is 0.313 e. The van der Waals surface area contributed by atoms with Gasteiger partial charge in [-0.3, -0.25) is 4.79 Å². The van der Waals surface area contributed by atoms with Crippen molar-refractivity contribution in [2.24, 2.45) is 0 Å². The van der Waals surface area contributed by atoms with Crippen molar-refractivity contribution >= 4 is 17.3 Å². The molecule has 1 N–H and O–H groups in total. The molecule has 1 atom stereocenters. The van der Waals surface area contributed by atoms with Gasteiger partial charge in [0.2, 0.25) is 0 Å². The van der Waals surface area contributed by atoms with Gasteiger partial charge in [-0.25, -0.2) is 0 Å². The third kappa shape index (κ3) is 2.01. The summed E-state index contributed by atoms with van der Waals surface area (Å²) in [7, 11) is 0. The molecule has 0 saturated heterocycles. The molecular weight excluding hydrogens is 176 g/mol. The predicted molar refractivity (Wildman–Crippen MR) is 45.2 cm³/mol. The maximum atomic E-state index is 10.7. The molecule has 5 heteroatoms. The Hall–Kier alpha value is -0.970. The minimum Gasteiger partial charge on any atom is -0.481 e. The molecule has 0 aromatic carbocycles. The third-order valence-corrected chi connectivity index (χ3v) is 2.36.